The lowest BCUT2D eigenvalue weighted by atomic mass is 10.1. The van der Waals surface area contributed by atoms with Gasteiger partial charge in [-0.25, -0.2) is 4.98 Å². The summed E-state index contributed by atoms with van der Waals surface area (Å²) >= 11 is 0. The molecule has 3 aromatic heterocycles. The predicted octanol–water partition coefficient (Wildman–Crippen LogP) is 3.77. The molecule has 0 fully saturated rings. The summed E-state index contributed by atoms with van der Waals surface area (Å²) in [6.07, 6.45) is -3.46. The predicted molar refractivity (Wildman–Crippen MR) is 114 cm³/mol. The van der Waals surface area contributed by atoms with Crippen LogP contribution < -0.4 is 10.1 Å². The third kappa shape index (κ3) is 5.17. The molecular formula is C22H20F3N5O4. The zero-order valence-corrected chi connectivity index (χ0v) is 18.2. The largest absolute Gasteiger partial charge is 0.476 e. The number of para-hydroxylation sites is 1. The first-order valence-corrected chi connectivity index (χ1v) is 10.2. The number of nitrogens with one attached hydrogen (secondary N) is 1. The summed E-state index contributed by atoms with van der Waals surface area (Å²) in [6.45, 7) is 0.833. The number of amides is 1. The summed E-state index contributed by atoms with van der Waals surface area (Å²) in [6, 6.07) is 10.3. The molecule has 0 atom stereocenters. The van der Waals surface area contributed by atoms with E-state index in [1.807, 2.05) is 43.3 Å². The van der Waals surface area contributed by atoms with Gasteiger partial charge in [-0.3, -0.25) is 4.79 Å². The van der Waals surface area contributed by atoms with Crippen LogP contribution in [0.1, 0.15) is 22.0 Å². The number of hydrogen-bond donors (Lipinski definition) is 1. The Morgan fingerprint density at radius 2 is 1.97 bits per heavy atom. The van der Waals surface area contributed by atoms with Crippen LogP contribution in [-0.2, 0) is 12.7 Å². The maximum absolute atomic E-state index is 12.7. The molecule has 0 aliphatic rings. The van der Waals surface area contributed by atoms with Crippen molar-refractivity contribution in [3.8, 4) is 17.3 Å². The molecule has 4 aromatic rings. The van der Waals surface area contributed by atoms with Gasteiger partial charge in [0.2, 0.25) is 11.7 Å². The molecule has 4 rings (SSSR count). The molecule has 34 heavy (non-hydrogen) atoms. The van der Waals surface area contributed by atoms with Gasteiger partial charge in [0.1, 0.15) is 12.2 Å². The van der Waals surface area contributed by atoms with Crippen LogP contribution in [-0.4, -0.2) is 53.2 Å². The highest BCUT2D eigenvalue weighted by Crippen LogP contribution is 2.29. The van der Waals surface area contributed by atoms with Gasteiger partial charge in [0.15, 0.2) is 5.76 Å². The van der Waals surface area contributed by atoms with Gasteiger partial charge in [-0.1, -0.05) is 23.4 Å². The average molecular weight is 475 g/mol. The van der Waals surface area contributed by atoms with Gasteiger partial charge in [-0.15, -0.1) is 0 Å². The highest BCUT2D eigenvalue weighted by atomic mass is 19.4. The number of halogens is 3. The summed E-state index contributed by atoms with van der Waals surface area (Å²) in [5.41, 5.74) is 1.67. The van der Waals surface area contributed by atoms with Gasteiger partial charge >= 0.3 is 12.1 Å². The number of alkyl halides is 3. The lowest BCUT2D eigenvalue weighted by molar-refractivity contribution is -0.159. The second kappa shape index (κ2) is 9.51. The van der Waals surface area contributed by atoms with E-state index in [-0.39, 0.29) is 42.1 Å². The van der Waals surface area contributed by atoms with Crippen molar-refractivity contribution in [2.24, 2.45) is 0 Å². The summed E-state index contributed by atoms with van der Waals surface area (Å²) in [4.78, 5) is 22.0. The van der Waals surface area contributed by atoms with Crippen molar-refractivity contribution < 1.29 is 31.6 Å². The first-order chi connectivity index (χ1) is 16.2. The normalized spacial score (nSPS) is 11.8. The first kappa shape index (κ1) is 23.2. The molecule has 9 nitrogen and oxygen atoms in total. The van der Waals surface area contributed by atoms with Gasteiger partial charge in [-0.05, 0) is 26.2 Å². The Hall–Kier alpha value is -3.93. The van der Waals surface area contributed by atoms with Gasteiger partial charge in [0, 0.05) is 35.3 Å². The van der Waals surface area contributed by atoms with Gasteiger partial charge in [0.25, 0.3) is 5.91 Å². The molecular weight excluding hydrogens is 455 g/mol. The monoisotopic (exact) mass is 475 g/mol. The van der Waals surface area contributed by atoms with Crippen LogP contribution in [0.5, 0.6) is 5.88 Å². The van der Waals surface area contributed by atoms with E-state index in [9.17, 15) is 18.0 Å². The fraction of sp³-hybridized carbons (Fsp3) is 0.273. The smallest absolute Gasteiger partial charge is 0.471 e. The van der Waals surface area contributed by atoms with Crippen molar-refractivity contribution in [3.05, 3.63) is 59.8 Å². The maximum atomic E-state index is 12.7. The maximum Gasteiger partial charge on any atom is 0.471 e. The van der Waals surface area contributed by atoms with Crippen molar-refractivity contribution in [3.63, 3.8) is 0 Å². The van der Waals surface area contributed by atoms with E-state index in [0.29, 0.717) is 12.1 Å². The summed E-state index contributed by atoms with van der Waals surface area (Å²) in [5, 5.41) is 6.94. The number of nitrogens with zero attached hydrogens (tertiary/aromatic N) is 4. The number of benzene rings is 1. The fourth-order valence-electron chi connectivity index (χ4n) is 3.21. The number of furan rings is 1. The molecule has 0 saturated carbocycles. The van der Waals surface area contributed by atoms with E-state index < -0.39 is 12.1 Å². The van der Waals surface area contributed by atoms with Gasteiger partial charge in [-0.2, -0.15) is 18.2 Å². The molecule has 1 N–H and O–H groups in total. The Kier molecular flexibility index (Phi) is 6.50. The van der Waals surface area contributed by atoms with Crippen molar-refractivity contribution in [1.82, 2.24) is 25.3 Å². The molecule has 12 heteroatoms. The molecule has 0 unspecified atom stereocenters. The summed E-state index contributed by atoms with van der Waals surface area (Å²) in [5.74, 6) is -1.57. The number of carbonyl (C=O) groups excluding carboxylic acids is 1. The summed E-state index contributed by atoms with van der Waals surface area (Å²) < 4.78 is 53.2. The van der Waals surface area contributed by atoms with E-state index in [1.165, 1.54) is 18.3 Å². The molecule has 1 aromatic carbocycles. The Bertz CT molecular complexity index is 1280. The average Bonchev–Trinajstić information content (AvgIpc) is 3.43. The molecule has 0 aliphatic heterocycles. The van der Waals surface area contributed by atoms with Crippen molar-refractivity contribution in [1.29, 1.82) is 0 Å². The Morgan fingerprint density at radius 1 is 1.18 bits per heavy atom. The first-order valence-electron chi connectivity index (χ1n) is 10.2. The van der Waals surface area contributed by atoms with E-state index in [0.717, 1.165) is 10.9 Å². The Labute approximate surface area is 191 Å². The second-order valence-electron chi connectivity index (χ2n) is 7.55. The van der Waals surface area contributed by atoms with Crippen LogP contribution in [0.25, 0.3) is 22.4 Å². The molecule has 0 aliphatic carbocycles. The number of pyridine rings is 1. The number of ether oxygens (including phenoxy) is 1. The third-order valence-corrected chi connectivity index (χ3v) is 4.68. The molecule has 1 amide bonds. The summed E-state index contributed by atoms with van der Waals surface area (Å²) in [7, 11) is 3.81. The number of aromatic nitrogens is 3. The van der Waals surface area contributed by atoms with E-state index in [1.54, 1.807) is 0 Å². The van der Waals surface area contributed by atoms with Crippen LogP contribution in [0.4, 0.5) is 13.2 Å². The zero-order valence-electron chi connectivity index (χ0n) is 18.2. The lowest BCUT2D eigenvalue weighted by Gasteiger charge is -2.10. The zero-order chi connectivity index (χ0) is 24.3. The highest BCUT2D eigenvalue weighted by Gasteiger charge is 2.38. The molecule has 0 saturated heterocycles. The van der Waals surface area contributed by atoms with Crippen LogP contribution in [0.2, 0.25) is 0 Å². The van der Waals surface area contributed by atoms with Crippen LogP contribution >= 0.6 is 0 Å². The Balaban J connectivity index is 1.33. The minimum absolute atomic E-state index is 0.113. The molecule has 0 spiro atoms. The van der Waals surface area contributed by atoms with Crippen molar-refractivity contribution in [2.75, 3.05) is 27.2 Å². The topological polar surface area (TPSA) is 107 Å². The quantitative estimate of drug-likeness (QED) is 0.384. The number of hydrogen-bond acceptors (Lipinski definition) is 8. The SMILES string of the molecule is CN(C)Cc1c(C(=O)NCCOc2ccc(-c3noc(C(F)(F)F)n3)cn2)oc2ccccc12. The minimum atomic E-state index is -4.72. The third-order valence-electron chi connectivity index (χ3n) is 4.68. The van der Waals surface area contributed by atoms with Gasteiger partial charge in [0.05, 0.1) is 6.54 Å². The molecule has 178 valence electrons. The lowest BCUT2D eigenvalue weighted by Crippen LogP contribution is -2.29. The number of carbonyl (C=O) groups is 1. The van der Waals surface area contributed by atoms with Crippen molar-refractivity contribution >= 4 is 16.9 Å². The second-order valence-corrected chi connectivity index (χ2v) is 7.55. The van der Waals surface area contributed by atoms with Crippen LogP contribution in [0.3, 0.4) is 0 Å². The van der Waals surface area contributed by atoms with Crippen LogP contribution in [0, 0.1) is 0 Å². The molecule has 0 bridgehead atoms. The highest BCUT2D eigenvalue weighted by molar-refractivity contribution is 5.99. The van der Waals surface area contributed by atoms with Crippen molar-refractivity contribution in [2.45, 2.75) is 12.7 Å². The molecule has 3 heterocycles. The van der Waals surface area contributed by atoms with E-state index >= 15 is 0 Å². The van der Waals surface area contributed by atoms with Gasteiger partial charge < -0.3 is 23.9 Å². The van der Waals surface area contributed by atoms with E-state index in [2.05, 4.69) is 25.0 Å². The Morgan fingerprint density at radius 3 is 2.65 bits per heavy atom. The molecule has 0 radical (unpaired) electrons. The number of fused-ring (bicyclic) bond motifs is 1. The van der Waals surface area contributed by atoms with Crippen LogP contribution in [0.15, 0.2) is 51.5 Å². The fourth-order valence-corrected chi connectivity index (χ4v) is 3.21. The van der Waals surface area contributed by atoms with E-state index in [4.69, 9.17) is 9.15 Å². The number of rotatable bonds is 8. The minimum Gasteiger partial charge on any atom is -0.476 e. The standard InChI is InChI=1S/C22H20F3N5O4/c1-30(2)12-15-14-5-3-4-6-16(14)33-18(15)20(31)26-9-10-32-17-8-7-13(11-27-17)19-28-21(34-29-19)22(23,24)25/h3-8,11H,9-10,12H2,1-2H3,(H,26,31).